The first-order chi connectivity index (χ1) is 7.46. The molecule has 0 spiro atoms. The number of rotatable bonds is 2. The summed E-state index contributed by atoms with van der Waals surface area (Å²) in [5.41, 5.74) is 0.814. The zero-order valence-electron chi connectivity index (χ0n) is 9.61. The van der Waals surface area contributed by atoms with Crippen molar-refractivity contribution in [1.82, 2.24) is 5.32 Å². The van der Waals surface area contributed by atoms with Crippen LogP contribution in [0.15, 0.2) is 10.1 Å². The van der Waals surface area contributed by atoms with E-state index in [1.165, 1.54) is 11.8 Å². The summed E-state index contributed by atoms with van der Waals surface area (Å²) in [4.78, 5) is 20.2. The zero-order chi connectivity index (χ0) is 11.8. The van der Waals surface area contributed by atoms with Gasteiger partial charge in [0.15, 0.2) is 5.04 Å². The van der Waals surface area contributed by atoms with E-state index in [2.05, 4.69) is 15.5 Å². The highest BCUT2D eigenvalue weighted by Gasteiger charge is 2.30. The first kappa shape index (κ1) is 11.4. The van der Waals surface area contributed by atoms with Crippen molar-refractivity contribution in [3.05, 3.63) is 0 Å². The van der Waals surface area contributed by atoms with E-state index in [-0.39, 0.29) is 10.9 Å². The van der Waals surface area contributed by atoms with Crippen LogP contribution >= 0.6 is 11.8 Å². The highest BCUT2D eigenvalue weighted by atomic mass is 32.2. The van der Waals surface area contributed by atoms with Gasteiger partial charge in [0, 0.05) is 6.04 Å². The van der Waals surface area contributed by atoms with E-state index >= 15 is 0 Å². The molecule has 0 bridgehead atoms. The van der Waals surface area contributed by atoms with E-state index in [4.69, 9.17) is 4.84 Å². The Kier molecular flexibility index (Phi) is 2.92. The minimum atomic E-state index is -0.479. The fourth-order valence-electron chi connectivity index (χ4n) is 1.37. The van der Waals surface area contributed by atoms with Gasteiger partial charge in [-0.3, -0.25) is 9.83 Å². The summed E-state index contributed by atoms with van der Waals surface area (Å²) < 4.78 is 0. The van der Waals surface area contributed by atoms with Crippen LogP contribution in [0.2, 0.25) is 0 Å². The second-order valence-corrected chi connectivity index (χ2v) is 6.03. The van der Waals surface area contributed by atoms with Gasteiger partial charge in [0.25, 0.3) is 0 Å². The lowest BCUT2D eigenvalue weighted by Gasteiger charge is -2.09. The van der Waals surface area contributed by atoms with E-state index < -0.39 is 6.09 Å². The van der Waals surface area contributed by atoms with Gasteiger partial charge in [-0.05, 0) is 33.6 Å². The van der Waals surface area contributed by atoms with E-state index in [1.807, 2.05) is 20.8 Å². The molecule has 88 valence electrons. The first-order valence-corrected chi connectivity index (χ1v) is 6.09. The average molecular weight is 241 g/mol. The molecule has 16 heavy (non-hydrogen) atoms. The molecule has 0 saturated heterocycles. The molecule has 0 aromatic rings. The lowest BCUT2D eigenvalue weighted by atomic mass is 10.4. The molecule has 1 saturated carbocycles. The first-order valence-electron chi connectivity index (χ1n) is 5.28. The van der Waals surface area contributed by atoms with E-state index in [0.717, 1.165) is 18.6 Å². The Morgan fingerprint density at radius 1 is 1.62 bits per heavy atom. The summed E-state index contributed by atoms with van der Waals surface area (Å²) in [6, 6.07) is 0.287. The molecule has 2 rings (SSSR count). The van der Waals surface area contributed by atoms with Gasteiger partial charge in [-0.15, -0.1) is 0 Å². The van der Waals surface area contributed by atoms with Gasteiger partial charge in [-0.25, -0.2) is 4.79 Å². The number of nitrogens with zero attached hydrogens (tertiary/aromatic N) is 2. The van der Waals surface area contributed by atoms with E-state index in [0.29, 0.717) is 5.04 Å². The molecular weight excluding hydrogens is 226 g/mol. The molecular formula is C10H15N3O2S. The Balaban J connectivity index is 1.88. The molecule has 0 aromatic carbocycles. The SMILES string of the molecule is CC1=NC(C)(C)SC1=NOC(=O)NC1CC1. The van der Waals surface area contributed by atoms with Crippen molar-refractivity contribution in [1.29, 1.82) is 0 Å². The predicted molar refractivity (Wildman–Crippen MR) is 64.9 cm³/mol. The smallest absolute Gasteiger partial charge is 0.317 e. The number of nitrogens with one attached hydrogen (secondary N) is 1. The van der Waals surface area contributed by atoms with Crippen LogP contribution in [-0.2, 0) is 4.84 Å². The van der Waals surface area contributed by atoms with Crippen molar-refractivity contribution >= 4 is 28.6 Å². The van der Waals surface area contributed by atoms with Gasteiger partial charge in [0.2, 0.25) is 0 Å². The monoisotopic (exact) mass is 241 g/mol. The summed E-state index contributed by atoms with van der Waals surface area (Å²) in [6.45, 7) is 5.85. The molecule has 1 aliphatic carbocycles. The molecule has 6 heteroatoms. The van der Waals surface area contributed by atoms with Gasteiger partial charge in [-0.2, -0.15) is 0 Å². The van der Waals surface area contributed by atoms with Crippen molar-refractivity contribution in [3.8, 4) is 0 Å². The Morgan fingerprint density at radius 2 is 2.31 bits per heavy atom. The largest absolute Gasteiger partial charge is 0.433 e. The summed E-state index contributed by atoms with van der Waals surface area (Å²) in [5.74, 6) is 0. The molecule has 1 fully saturated rings. The molecule has 1 N–H and O–H groups in total. The van der Waals surface area contributed by atoms with Crippen molar-refractivity contribution in [2.45, 2.75) is 44.5 Å². The zero-order valence-corrected chi connectivity index (χ0v) is 10.4. The molecule has 0 aromatic heterocycles. The number of carbonyl (C=O) groups is 1. The maximum atomic E-state index is 11.2. The summed E-state index contributed by atoms with van der Waals surface area (Å²) >= 11 is 1.49. The quantitative estimate of drug-likeness (QED) is 0.595. The molecule has 1 amide bonds. The highest BCUT2D eigenvalue weighted by Crippen LogP contribution is 2.33. The summed E-state index contributed by atoms with van der Waals surface area (Å²) in [6.07, 6.45) is 1.59. The normalized spacial score (nSPS) is 25.4. The number of aliphatic imine (C=N–C) groups is 1. The second kappa shape index (κ2) is 4.08. The number of hydrogen-bond acceptors (Lipinski definition) is 5. The fraction of sp³-hybridized carbons (Fsp3) is 0.700. The number of hydrogen-bond donors (Lipinski definition) is 1. The molecule has 0 radical (unpaired) electrons. The third kappa shape index (κ3) is 2.98. The van der Waals surface area contributed by atoms with Gasteiger partial charge in [0.1, 0.15) is 4.87 Å². The van der Waals surface area contributed by atoms with Crippen LogP contribution in [0.3, 0.4) is 0 Å². The van der Waals surface area contributed by atoms with E-state index in [9.17, 15) is 4.79 Å². The number of thioether (sulfide) groups is 1. The van der Waals surface area contributed by atoms with Crippen LogP contribution in [0.5, 0.6) is 0 Å². The Hall–Kier alpha value is -1.04. The second-order valence-electron chi connectivity index (χ2n) is 4.44. The predicted octanol–water partition coefficient (Wildman–Crippen LogP) is 2.13. The van der Waals surface area contributed by atoms with E-state index in [1.54, 1.807) is 0 Å². The Labute approximate surface area is 98.7 Å². The average Bonchev–Trinajstić information content (AvgIpc) is 2.90. The third-order valence-corrected chi connectivity index (χ3v) is 3.36. The van der Waals surface area contributed by atoms with Crippen molar-refractivity contribution in [2.75, 3.05) is 0 Å². The van der Waals surface area contributed by atoms with Crippen LogP contribution in [0.1, 0.15) is 33.6 Å². The standard InChI is InChI=1S/C10H15N3O2S/c1-6-8(16-10(2,3)12-6)13-15-9(14)11-7-4-5-7/h7H,4-5H2,1-3H3,(H,11,14). The van der Waals surface area contributed by atoms with Crippen molar-refractivity contribution in [3.63, 3.8) is 0 Å². The molecule has 5 nitrogen and oxygen atoms in total. The maximum Gasteiger partial charge on any atom is 0.433 e. The van der Waals surface area contributed by atoms with Crippen molar-refractivity contribution in [2.24, 2.45) is 10.1 Å². The Bertz CT molecular complexity index is 372. The molecule has 2 aliphatic rings. The van der Waals surface area contributed by atoms with Gasteiger partial charge >= 0.3 is 6.09 Å². The number of amides is 1. The number of oxime groups is 1. The Morgan fingerprint density at radius 3 is 2.81 bits per heavy atom. The minimum Gasteiger partial charge on any atom is -0.317 e. The van der Waals surface area contributed by atoms with Crippen LogP contribution in [0, 0.1) is 0 Å². The lowest BCUT2D eigenvalue weighted by molar-refractivity contribution is 0.151. The van der Waals surface area contributed by atoms with Crippen LogP contribution < -0.4 is 5.32 Å². The van der Waals surface area contributed by atoms with Gasteiger partial charge in [-0.1, -0.05) is 16.9 Å². The van der Waals surface area contributed by atoms with Crippen LogP contribution in [-0.4, -0.2) is 27.8 Å². The van der Waals surface area contributed by atoms with Gasteiger partial charge in [0.05, 0.1) is 5.71 Å². The lowest BCUT2D eigenvalue weighted by Crippen LogP contribution is -2.25. The highest BCUT2D eigenvalue weighted by molar-refractivity contribution is 8.17. The van der Waals surface area contributed by atoms with Gasteiger partial charge < -0.3 is 5.32 Å². The topological polar surface area (TPSA) is 63.1 Å². The maximum absolute atomic E-state index is 11.2. The fourth-order valence-corrected chi connectivity index (χ4v) is 2.30. The summed E-state index contributed by atoms with van der Waals surface area (Å²) in [5, 5.41) is 7.19. The minimum absolute atomic E-state index is 0.209. The number of carbonyl (C=O) groups excluding carboxylic acids is 1. The third-order valence-electron chi connectivity index (χ3n) is 2.20. The molecule has 1 aliphatic heterocycles. The summed E-state index contributed by atoms with van der Waals surface area (Å²) in [7, 11) is 0. The molecule has 1 heterocycles. The van der Waals surface area contributed by atoms with Crippen LogP contribution in [0.25, 0.3) is 0 Å². The van der Waals surface area contributed by atoms with Crippen LogP contribution in [0.4, 0.5) is 4.79 Å². The molecule has 0 unspecified atom stereocenters. The molecule has 0 atom stereocenters. The van der Waals surface area contributed by atoms with Crippen molar-refractivity contribution < 1.29 is 9.63 Å².